The fourth-order valence-corrected chi connectivity index (χ4v) is 2.65. The predicted molar refractivity (Wildman–Crippen MR) is 87.4 cm³/mol. The van der Waals surface area contributed by atoms with Crippen molar-refractivity contribution >= 4 is 44.8 Å². The molecule has 0 aliphatic heterocycles. The zero-order valence-corrected chi connectivity index (χ0v) is 13.5. The number of rotatable bonds is 2. The van der Waals surface area contributed by atoms with Crippen LogP contribution in [0.25, 0.3) is 0 Å². The summed E-state index contributed by atoms with van der Waals surface area (Å²) in [5, 5.41) is 3.42. The normalized spacial score (nSPS) is 10.4. The van der Waals surface area contributed by atoms with Crippen molar-refractivity contribution in [1.29, 1.82) is 0 Å². The predicted octanol–water partition coefficient (Wildman–Crippen LogP) is 4.55. The summed E-state index contributed by atoms with van der Waals surface area (Å²) in [6.45, 7) is 3.75. The second-order valence-electron chi connectivity index (χ2n) is 4.57. The molecule has 3 N–H and O–H groups in total. The summed E-state index contributed by atoms with van der Waals surface area (Å²) in [7, 11) is 0. The first-order chi connectivity index (χ1) is 9.40. The molecule has 2 aromatic carbocycles. The van der Waals surface area contributed by atoms with Crippen LogP contribution in [0.5, 0.6) is 0 Å². The Morgan fingerprint density at radius 3 is 2.60 bits per heavy atom. The van der Waals surface area contributed by atoms with Gasteiger partial charge in [-0.2, -0.15) is 0 Å². The molecule has 0 saturated carbocycles. The minimum absolute atomic E-state index is 0.249. The fourth-order valence-electron chi connectivity index (χ4n) is 1.93. The van der Waals surface area contributed by atoms with Crippen LogP contribution in [0.2, 0.25) is 5.02 Å². The van der Waals surface area contributed by atoms with Crippen molar-refractivity contribution in [2.24, 2.45) is 0 Å². The molecule has 3 nitrogen and oxygen atoms in total. The monoisotopic (exact) mass is 352 g/mol. The lowest BCUT2D eigenvalue weighted by Crippen LogP contribution is -2.16. The highest BCUT2D eigenvalue weighted by molar-refractivity contribution is 9.10. The van der Waals surface area contributed by atoms with Crippen LogP contribution in [0, 0.1) is 13.8 Å². The highest BCUT2D eigenvalue weighted by Gasteiger charge is 2.14. The number of amides is 1. The molecule has 1 amide bonds. The molecular weight excluding hydrogens is 340 g/mol. The zero-order chi connectivity index (χ0) is 14.9. The van der Waals surface area contributed by atoms with E-state index in [1.165, 1.54) is 0 Å². The average Bonchev–Trinajstić information content (AvgIpc) is 2.35. The van der Waals surface area contributed by atoms with Gasteiger partial charge in [0.15, 0.2) is 0 Å². The van der Waals surface area contributed by atoms with E-state index >= 15 is 0 Å². The Balaban J connectivity index is 2.35. The molecule has 0 bridgehead atoms. The largest absolute Gasteiger partial charge is 0.398 e. The molecule has 0 atom stereocenters. The van der Waals surface area contributed by atoms with Gasteiger partial charge in [-0.05, 0) is 59.1 Å². The Hall–Kier alpha value is -1.52. The number of anilines is 2. The van der Waals surface area contributed by atoms with Crippen molar-refractivity contribution in [3.63, 3.8) is 0 Å². The molecule has 0 aromatic heterocycles. The van der Waals surface area contributed by atoms with E-state index in [0.717, 1.165) is 15.6 Å². The van der Waals surface area contributed by atoms with Gasteiger partial charge in [0, 0.05) is 15.2 Å². The lowest BCUT2D eigenvalue weighted by molar-refractivity contribution is 0.102. The van der Waals surface area contributed by atoms with Crippen LogP contribution in [-0.2, 0) is 0 Å². The number of benzene rings is 2. The van der Waals surface area contributed by atoms with Gasteiger partial charge in [-0.15, -0.1) is 0 Å². The van der Waals surface area contributed by atoms with Crippen molar-refractivity contribution < 1.29 is 4.79 Å². The van der Waals surface area contributed by atoms with E-state index in [9.17, 15) is 4.79 Å². The van der Waals surface area contributed by atoms with Crippen molar-refractivity contribution in [2.75, 3.05) is 11.1 Å². The van der Waals surface area contributed by atoms with E-state index in [1.807, 2.05) is 32.0 Å². The number of carbonyl (C=O) groups excluding carboxylic acids is 1. The molecule has 0 heterocycles. The van der Waals surface area contributed by atoms with Crippen LogP contribution < -0.4 is 11.1 Å². The van der Waals surface area contributed by atoms with Crippen LogP contribution in [0.1, 0.15) is 21.5 Å². The van der Waals surface area contributed by atoms with Crippen LogP contribution in [0.15, 0.2) is 34.8 Å². The molecular formula is C15H14BrClN2O. The zero-order valence-electron chi connectivity index (χ0n) is 11.1. The van der Waals surface area contributed by atoms with E-state index in [1.54, 1.807) is 12.1 Å². The Labute approximate surface area is 131 Å². The third-order valence-electron chi connectivity index (χ3n) is 3.03. The molecule has 20 heavy (non-hydrogen) atoms. The maximum absolute atomic E-state index is 12.3. The van der Waals surface area contributed by atoms with E-state index in [4.69, 9.17) is 17.3 Å². The Kier molecular flexibility index (Phi) is 4.35. The molecule has 0 unspecified atom stereocenters. The first-order valence-electron chi connectivity index (χ1n) is 6.02. The number of carbonyl (C=O) groups is 1. The Morgan fingerprint density at radius 2 is 1.95 bits per heavy atom. The van der Waals surface area contributed by atoms with Gasteiger partial charge in [-0.3, -0.25) is 4.79 Å². The highest BCUT2D eigenvalue weighted by atomic mass is 79.9. The van der Waals surface area contributed by atoms with Crippen LogP contribution in [0.3, 0.4) is 0 Å². The number of nitrogens with two attached hydrogens (primary N) is 1. The molecule has 0 aliphatic rings. The molecule has 2 aromatic rings. The first kappa shape index (κ1) is 14.9. The van der Waals surface area contributed by atoms with Gasteiger partial charge in [0.25, 0.3) is 5.91 Å². The molecule has 0 spiro atoms. The topological polar surface area (TPSA) is 55.1 Å². The molecule has 0 aliphatic carbocycles. The molecule has 0 fully saturated rings. The van der Waals surface area contributed by atoms with Crippen molar-refractivity contribution in [2.45, 2.75) is 13.8 Å². The molecule has 5 heteroatoms. The van der Waals surface area contributed by atoms with Gasteiger partial charge in [0.2, 0.25) is 0 Å². The van der Waals surface area contributed by atoms with Gasteiger partial charge in [0.05, 0.1) is 11.3 Å². The summed E-state index contributed by atoms with van der Waals surface area (Å²) in [4.78, 5) is 12.3. The summed E-state index contributed by atoms with van der Waals surface area (Å²) in [6.07, 6.45) is 0. The minimum Gasteiger partial charge on any atom is -0.398 e. The maximum Gasteiger partial charge on any atom is 0.258 e. The standard InChI is InChI=1S/C15H14BrClN2O/c1-8-4-3-5-12(18)14(8)15(20)19-13-7-11(17)9(2)6-10(13)16/h3-7H,18H2,1-2H3,(H,19,20). The quantitative estimate of drug-likeness (QED) is 0.778. The summed E-state index contributed by atoms with van der Waals surface area (Å²) in [6, 6.07) is 8.95. The lowest BCUT2D eigenvalue weighted by Gasteiger charge is -2.12. The summed E-state index contributed by atoms with van der Waals surface area (Å²) >= 11 is 9.50. The van der Waals surface area contributed by atoms with Crippen LogP contribution in [0.4, 0.5) is 11.4 Å². The second-order valence-corrected chi connectivity index (χ2v) is 5.84. The molecule has 2 rings (SSSR count). The van der Waals surface area contributed by atoms with Crippen molar-refractivity contribution in [3.8, 4) is 0 Å². The van der Waals surface area contributed by atoms with Gasteiger partial charge < -0.3 is 11.1 Å². The highest BCUT2D eigenvalue weighted by Crippen LogP contribution is 2.30. The van der Waals surface area contributed by atoms with Gasteiger partial charge >= 0.3 is 0 Å². The Bertz CT molecular complexity index is 666. The average molecular weight is 354 g/mol. The van der Waals surface area contributed by atoms with Crippen molar-refractivity contribution in [3.05, 3.63) is 56.5 Å². The van der Waals surface area contributed by atoms with Gasteiger partial charge in [0.1, 0.15) is 0 Å². The van der Waals surface area contributed by atoms with E-state index in [2.05, 4.69) is 21.2 Å². The number of hydrogen-bond donors (Lipinski definition) is 2. The van der Waals surface area contributed by atoms with Gasteiger partial charge in [-0.1, -0.05) is 23.7 Å². The van der Waals surface area contributed by atoms with E-state index < -0.39 is 0 Å². The Morgan fingerprint density at radius 1 is 1.25 bits per heavy atom. The minimum atomic E-state index is -0.249. The number of hydrogen-bond acceptors (Lipinski definition) is 2. The SMILES string of the molecule is Cc1cc(Br)c(NC(=O)c2c(C)cccc2N)cc1Cl. The molecule has 0 radical (unpaired) electrons. The fraction of sp³-hybridized carbons (Fsp3) is 0.133. The molecule has 104 valence electrons. The molecule has 0 saturated heterocycles. The summed E-state index contributed by atoms with van der Waals surface area (Å²) < 4.78 is 0.778. The number of nitrogens with one attached hydrogen (secondary N) is 1. The van der Waals surface area contributed by atoms with Gasteiger partial charge in [-0.25, -0.2) is 0 Å². The smallest absolute Gasteiger partial charge is 0.258 e. The van der Waals surface area contributed by atoms with Crippen LogP contribution in [-0.4, -0.2) is 5.91 Å². The van der Waals surface area contributed by atoms with Crippen molar-refractivity contribution in [1.82, 2.24) is 0 Å². The second kappa shape index (κ2) is 5.85. The third-order valence-corrected chi connectivity index (χ3v) is 4.09. The maximum atomic E-state index is 12.3. The third kappa shape index (κ3) is 2.97. The number of nitrogen functional groups attached to an aromatic ring is 1. The van der Waals surface area contributed by atoms with Crippen LogP contribution >= 0.6 is 27.5 Å². The first-order valence-corrected chi connectivity index (χ1v) is 7.19. The summed E-state index contributed by atoms with van der Waals surface area (Å²) in [5.41, 5.74) is 9.19. The summed E-state index contributed by atoms with van der Waals surface area (Å²) in [5.74, 6) is -0.249. The van der Waals surface area contributed by atoms with E-state index in [0.29, 0.717) is 22.0 Å². The van der Waals surface area contributed by atoms with E-state index in [-0.39, 0.29) is 5.91 Å². The lowest BCUT2D eigenvalue weighted by atomic mass is 10.1. The number of halogens is 2. The number of aryl methyl sites for hydroxylation is 2.